The maximum absolute atomic E-state index is 12.3. The van der Waals surface area contributed by atoms with Crippen molar-refractivity contribution in [1.82, 2.24) is 19.2 Å². The number of nitrogens with one attached hydrogen (secondary N) is 2. The van der Waals surface area contributed by atoms with Crippen molar-refractivity contribution in [2.24, 2.45) is 5.92 Å². The zero-order chi connectivity index (χ0) is 15.9. The second kappa shape index (κ2) is 9.05. The van der Waals surface area contributed by atoms with Crippen LogP contribution in [0, 0.1) is 5.92 Å². The zero-order valence-corrected chi connectivity index (χ0v) is 14.7. The summed E-state index contributed by atoms with van der Waals surface area (Å²) in [4.78, 5) is 1.98. The number of piperidine rings is 1. The van der Waals surface area contributed by atoms with Crippen LogP contribution in [-0.4, -0.2) is 70.5 Å². The van der Waals surface area contributed by atoms with E-state index in [0.29, 0.717) is 25.6 Å². The van der Waals surface area contributed by atoms with Gasteiger partial charge in [-0.05, 0) is 59.3 Å². The molecule has 0 aliphatic carbocycles. The normalized spacial score (nSPS) is 20.0. The summed E-state index contributed by atoms with van der Waals surface area (Å²) in [7, 11) is 0.548. The van der Waals surface area contributed by atoms with E-state index in [1.165, 1.54) is 0 Å². The second-order valence-electron chi connectivity index (χ2n) is 6.33. The quantitative estimate of drug-likeness (QED) is 0.607. The Morgan fingerprint density at radius 2 is 1.90 bits per heavy atom. The van der Waals surface area contributed by atoms with E-state index in [9.17, 15) is 8.42 Å². The van der Waals surface area contributed by atoms with Crippen molar-refractivity contribution in [2.45, 2.75) is 39.2 Å². The zero-order valence-electron chi connectivity index (χ0n) is 13.9. The van der Waals surface area contributed by atoms with Gasteiger partial charge in [0.25, 0.3) is 10.2 Å². The molecule has 0 spiro atoms. The molecule has 2 N–H and O–H groups in total. The minimum Gasteiger partial charge on any atom is -0.316 e. The Hall–Kier alpha value is -0.210. The minimum atomic E-state index is -3.34. The van der Waals surface area contributed by atoms with Crippen LogP contribution in [0.3, 0.4) is 0 Å². The van der Waals surface area contributed by atoms with Gasteiger partial charge in [-0.15, -0.1) is 0 Å². The van der Waals surface area contributed by atoms with Crippen LogP contribution in [0.4, 0.5) is 0 Å². The molecule has 1 aliphatic heterocycles. The van der Waals surface area contributed by atoms with E-state index in [-0.39, 0.29) is 6.04 Å². The van der Waals surface area contributed by atoms with E-state index in [1.807, 2.05) is 25.9 Å². The van der Waals surface area contributed by atoms with E-state index >= 15 is 0 Å². The van der Waals surface area contributed by atoms with Gasteiger partial charge in [-0.2, -0.15) is 17.4 Å². The fraction of sp³-hybridized carbons (Fsp3) is 1.00. The summed E-state index contributed by atoms with van der Waals surface area (Å²) in [5, 5.41) is 3.42. The molecule has 6 nitrogen and oxygen atoms in total. The first-order chi connectivity index (χ1) is 9.85. The third-order valence-corrected chi connectivity index (χ3v) is 5.51. The first-order valence-corrected chi connectivity index (χ1v) is 9.42. The Morgan fingerprint density at radius 1 is 1.29 bits per heavy atom. The van der Waals surface area contributed by atoms with Gasteiger partial charge in [-0.3, -0.25) is 0 Å². The van der Waals surface area contributed by atoms with E-state index in [2.05, 4.69) is 17.0 Å². The van der Waals surface area contributed by atoms with Crippen molar-refractivity contribution in [1.29, 1.82) is 0 Å². The van der Waals surface area contributed by atoms with Gasteiger partial charge in [0.2, 0.25) is 0 Å². The van der Waals surface area contributed by atoms with Gasteiger partial charge in [-0.1, -0.05) is 6.92 Å². The Bertz CT molecular complexity index is 378. The molecular formula is C14H32N4O2S. The van der Waals surface area contributed by atoms with E-state index in [4.69, 9.17) is 0 Å². The molecule has 0 amide bonds. The lowest BCUT2D eigenvalue weighted by molar-refractivity contribution is 0.262. The average Bonchev–Trinajstić information content (AvgIpc) is 2.38. The molecule has 1 atom stereocenters. The van der Waals surface area contributed by atoms with Gasteiger partial charge in [-0.25, -0.2) is 0 Å². The number of rotatable bonds is 9. The predicted octanol–water partition coefficient (Wildman–Crippen LogP) is 0.483. The Morgan fingerprint density at radius 3 is 2.43 bits per heavy atom. The van der Waals surface area contributed by atoms with Gasteiger partial charge in [0.15, 0.2) is 0 Å². The van der Waals surface area contributed by atoms with E-state index in [1.54, 1.807) is 4.31 Å². The largest absolute Gasteiger partial charge is 0.316 e. The molecule has 126 valence electrons. The number of nitrogens with zero attached hydrogens (tertiary/aromatic N) is 2. The van der Waals surface area contributed by atoms with Gasteiger partial charge in [0.1, 0.15) is 0 Å². The highest BCUT2D eigenvalue weighted by Crippen LogP contribution is 2.18. The SMILES string of the molecule is CCCNCC1CCN(S(=O)(=O)NC(C)CN(C)C)CC1. The standard InChI is InChI=1S/C14H32N4O2S/c1-5-8-15-11-14-6-9-18(10-7-14)21(19,20)16-13(2)12-17(3)4/h13-16H,5-12H2,1-4H3. The molecule has 0 bridgehead atoms. The molecule has 0 aromatic heterocycles. The van der Waals surface area contributed by atoms with Crippen molar-refractivity contribution in [2.75, 3.05) is 46.8 Å². The highest BCUT2D eigenvalue weighted by molar-refractivity contribution is 7.87. The van der Waals surface area contributed by atoms with Gasteiger partial charge >= 0.3 is 0 Å². The van der Waals surface area contributed by atoms with Crippen LogP contribution >= 0.6 is 0 Å². The molecule has 0 saturated carbocycles. The smallest absolute Gasteiger partial charge is 0.279 e. The van der Waals surface area contributed by atoms with Crippen molar-refractivity contribution in [3.05, 3.63) is 0 Å². The molecule has 7 heteroatoms. The lowest BCUT2D eigenvalue weighted by Crippen LogP contribution is -2.50. The summed E-state index contributed by atoms with van der Waals surface area (Å²) in [6, 6.07) is -0.0751. The first kappa shape index (κ1) is 18.8. The summed E-state index contributed by atoms with van der Waals surface area (Å²) in [6.45, 7) is 8.07. The van der Waals surface area contributed by atoms with Crippen LogP contribution in [0.5, 0.6) is 0 Å². The Kier molecular flexibility index (Phi) is 8.12. The molecule has 0 radical (unpaired) electrons. The first-order valence-electron chi connectivity index (χ1n) is 7.98. The molecule has 1 heterocycles. The molecule has 1 fully saturated rings. The van der Waals surface area contributed by atoms with Crippen LogP contribution < -0.4 is 10.0 Å². The fourth-order valence-electron chi connectivity index (χ4n) is 2.75. The van der Waals surface area contributed by atoms with Crippen LogP contribution in [0.1, 0.15) is 33.1 Å². The highest BCUT2D eigenvalue weighted by atomic mass is 32.2. The van der Waals surface area contributed by atoms with E-state index < -0.39 is 10.2 Å². The third-order valence-electron chi connectivity index (χ3n) is 3.76. The van der Waals surface area contributed by atoms with Gasteiger partial charge < -0.3 is 10.2 Å². The number of hydrogen-bond acceptors (Lipinski definition) is 4. The average molecular weight is 321 g/mol. The van der Waals surface area contributed by atoms with Crippen molar-refractivity contribution in [3.63, 3.8) is 0 Å². The van der Waals surface area contributed by atoms with Gasteiger partial charge in [0.05, 0.1) is 0 Å². The molecule has 1 unspecified atom stereocenters. The van der Waals surface area contributed by atoms with Crippen LogP contribution in [-0.2, 0) is 10.2 Å². The van der Waals surface area contributed by atoms with Crippen molar-refractivity contribution >= 4 is 10.2 Å². The molecule has 21 heavy (non-hydrogen) atoms. The number of hydrogen-bond donors (Lipinski definition) is 2. The predicted molar refractivity (Wildman–Crippen MR) is 87.5 cm³/mol. The summed E-state index contributed by atoms with van der Waals surface area (Å²) in [6.07, 6.45) is 3.03. The third kappa shape index (κ3) is 7.06. The van der Waals surface area contributed by atoms with Crippen molar-refractivity contribution in [3.8, 4) is 0 Å². The Labute approximate surface area is 130 Å². The monoisotopic (exact) mass is 320 g/mol. The molecule has 1 rings (SSSR count). The van der Waals surface area contributed by atoms with Crippen LogP contribution in [0.25, 0.3) is 0 Å². The maximum atomic E-state index is 12.3. The maximum Gasteiger partial charge on any atom is 0.279 e. The van der Waals surface area contributed by atoms with Gasteiger partial charge in [0, 0.05) is 25.7 Å². The second-order valence-corrected chi connectivity index (χ2v) is 8.03. The van der Waals surface area contributed by atoms with Crippen LogP contribution in [0.2, 0.25) is 0 Å². The molecular weight excluding hydrogens is 288 g/mol. The minimum absolute atomic E-state index is 0.0751. The highest BCUT2D eigenvalue weighted by Gasteiger charge is 2.28. The van der Waals surface area contributed by atoms with Crippen LogP contribution in [0.15, 0.2) is 0 Å². The summed E-state index contributed by atoms with van der Waals surface area (Å²) >= 11 is 0. The summed E-state index contributed by atoms with van der Waals surface area (Å²) < 4.78 is 29.0. The Balaban J connectivity index is 2.38. The van der Waals surface area contributed by atoms with E-state index in [0.717, 1.165) is 32.4 Å². The lowest BCUT2D eigenvalue weighted by Gasteiger charge is -2.32. The summed E-state index contributed by atoms with van der Waals surface area (Å²) in [5.74, 6) is 0.599. The topological polar surface area (TPSA) is 64.7 Å². The molecule has 1 aliphatic rings. The molecule has 0 aromatic carbocycles. The molecule has 1 saturated heterocycles. The number of likely N-dealkylation sites (N-methyl/N-ethyl adjacent to an activating group) is 1. The summed E-state index contributed by atoms with van der Waals surface area (Å²) in [5.41, 5.74) is 0. The van der Waals surface area contributed by atoms with Crippen molar-refractivity contribution < 1.29 is 8.42 Å². The molecule has 0 aromatic rings. The fourth-order valence-corrected chi connectivity index (χ4v) is 4.17. The lowest BCUT2D eigenvalue weighted by atomic mass is 9.98.